The van der Waals surface area contributed by atoms with Crippen LogP contribution in [0.1, 0.15) is 29.7 Å². The second-order valence-electron chi connectivity index (χ2n) is 4.04. The summed E-state index contributed by atoms with van der Waals surface area (Å²) in [6.45, 7) is 5.52. The minimum atomic E-state index is -1.82. The molecule has 3 nitrogen and oxygen atoms in total. The van der Waals surface area contributed by atoms with Crippen LogP contribution in [0.15, 0.2) is 18.2 Å². The highest BCUT2D eigenvalue weighted by Crippen LogP contribution is 2.22. The molecule has 1 aromatic rings. The molecule has 0 aliphatic carbocycles. The van der Waals surface area contributed by atoms with Gasteiger partial charge in [0.05, 0.1) is 12.6 Å². The predicted octanol–water partition coefficient (Wildman–Crippen LogP) is 2.63. The van der Waals surface area contributed by atoms with E-state index in [0.29, 0.717) is 5.56 Å². The lowest BCUT2D eigenvalue weighted by atomic mass is 9.96. The third-order valence-electron chi connectivity index (χ3n) is 2.62. The molecule has 2 N–H and O–H groups in total. The minimum Gasteiger partial charge on any atom is -0.464 e. The Morgan fingerprint density at radius 1 is 1.44 bits per heavy atom. The Bertz CT molecular complexity index is 412. The van der Waals surface area contributed by atoms with Crippen LogP contribution in [0, 0.1) is 13.8 Å². The molecule has 1 aromatic carbocycles. The number of alkyl halides is 1. The van der Waals surface area contributed by atoms with E-state index >= 15 is 0 Å². The van der Waals surface area contributed by atoms with Crippen LogP contribution in [-0.4, -0.2) is 18.7 Å². The van der Waals surface area contributed by atoms with Gasteiger partial charge < -0.3 is 10.5 Å². The molecule has 2 atom stereocenters. The van der Waals surface area contributed by atoms with Crippen LogP contribution in [0.3, 0.4) is 0 Å². The van der Waals surface area contributed by atoms with E-state index in [1.54, 1.807) is 13.0 Å². The molecule has 0 bridgehead atoms. The number of esters is 1. The van der Waals surface area contributed by atoms with Gasteiger partial charge >= 0.3 is 5.97 Å². The second-order valence-corrected chi connectivity index (χ2v) is 4.04. The van der Waals surface area contributed by atoms with Gasteiger partial charge in [-0.15, -0.1) is 12.4 Å². The molecule has 0 saturated carbocycles. The van der Waals surface area contributed by atoms with Crippen LogP contribution >= 0.6 is 12.4 Å². The monoisotopic (exact) mass is 275 g/mol. The summed E-state index contributed by atoms with van der Waals surface area (Å²) in [4.78, 5) is 11.3. The Kier molecular flexibility index (Phi) is 6.88. The first kappa shape index (κ1) is 16.9. The fourth-order valence-corrected chi connectivity index (χ4v) is 1.65. The SMILES string of the molecule is CCOC(=O)C(F)[C@H](N)c1cc(C)ccc1C.Cl. The normalized spacial score (nSPS) is 13.4. The first-order valence-electron chi connectivity index (χ1n) is 5.60. The lowest BCUT2D eigenvalue weighted by Gasteiger charge is -2.18. The number of carbonyl (C=O) groups excluding carboxylic acids is 1. The van der Waals surface area contributed by atoms with Crippen molar-refractivity contribution in [1.82, 2.24) is 0 Å². The zero-order valence-electron chi connectivity index (χ0n) is 10.8. The van der Waals surface area contributed by atoms with Crippen molar-refractivity contribution in [2.24, 2.45) is 5.73 Å². The van der Waals surface area contributed by atoms with E-state index in [1.165, 1.54) is 0 Å². The van der Waals surface area contributed by atoms with Gasteiger partial charge in [0.2, 0.25) is 6.17 Å². The standard InChI is InChI=1S/C13H18FNO2.ClH/c1-4-17-13(16)11(14)12(15)10-7-8(2)5-6-9(10)3;/h5-7,11-12H,4,15H2,1-3H3;1H/t11?,12-;/m1./s1. The molecule has 5 heteroatoms. The number of hydrogen-bond acceptors (Lipinski definition) is 3. The van der Waals surface area contributed by atoms with Crippen molar-refractivity contribution < 1.29 is 13.9 Å². The smallest absolute Gasteiger partial charge is 0.342 e. The average Bonchev–Trinajstić information content (AvgIpc) is 2.30. The summed E-state index contributed by atoms with van der Waals surface area (Å²) in [5.41, 5.74) is 8.26. The summed E-state index contributed by atoms with van der Waals surface area (Å²) in [6, 6.07) is 4.60. The van der Waals surface area contributed by atoms with E-state index in [9.17, 15) is 9.18 Å². The molecule has 0 fully saturated rings. The molecule has 1 rings (SSSR count). The highest BCUT2D eigenvalue weighted by molar-refractivity contribution is 5.85. The van der Waals surface area contributed by atoms with Crippen LogP contribution in [0.25, 0.3) is 0 Å². The Morgan fingerprint density at radius 2 is 2.06 bits per heavy atom. The third-order valence-corrected chi connectivity index (χ3v) is 2.62. The molecule has 0 saturated heterocycles. The van der Waals surface area contributed by atoms with E-state index in [4.69, 9.17) is 5.73 Å². The summed E-state index contributed by atoms with van der Waals surface area (Å²) in [5, 5.41) is 0. The van der Waals surface area contributed by atoms with Crippen molar-refractivity contribution in [3.05, 3.63) is 34.9 Å². The predicted molar refractivity (Wildman–Crippen MR) is 71.6 cm³/mol. The highest BCUT2D eigenvalue weighted by atomic mass is 35.5. The summed E-state index contributed by atoms with van der Waals surface area (Å²) in [5.74, 6) is -0.902. The fourth-order valence-electron chi connectivity index (χ4n) is 1.65. The maximum Gasteiger partial charge on any atom is 0.342 e. The molecule has 102 valence electrons. The highest BCUT2D eigenvalue weighted by Gasteiger charge is 2.28. The van der Waals surface area contributed by atoms with E-state index in [0.717, 1.165) is 11.1 Å². The molecule has 0 aliphatic rings. The van der Waals surface area contributed by atoms with Crippen molar-refractivity contribution >= 4 is 18.4 Å². The number of aryl methyl sites for hydroxylation is 2. The molecule has 0 heterocycles. The molecular formula is C13H19ClFNO2. The van der Waals surface area contributed by atoms with Crippen LogP contribution in [0.5, 0.6) is 0 Å². The van der Waals surface area contributed by atoms with Crippen molar-refractivity contribution in [1.29, 1.82) is 0 Å². The van der Waals surface area contributed by atoms with E-state index in [2.05, 4.69) is 4.74 Å². The molecule has 0 spiro atoms. The summed E-state index contributed by atoms with van der Waals surface area (Å²) >= 11 is 0. The van der Waals surface area contributed by atoms with Crippen LogP contribution in [0.2, 0.25) is 0 Å². The number of carbonyl (C=O) groups is 1. The van der Waals surface area contributed by atoms with Crippen LogP contribution in [0.4, 0.5) is 4.39 Å². The van der Waals surface area contributed by atoms with Gasteiger partial charge in [0.15, 0.2) is 0 Å². The van der Waals surface area contributed by atoms with Gasteiger partial charge in [0, 0.05) is 0 Å². The first-order chi connectivity index (χ1) is 7.97. The Morgan fingerprint density at radius 3 is 2.61 bits per heavy atom. The van der Waals surface area contributed by atoms with Gasteiger partial charge in [-0.3, -0.25) is 0 Å². The van der Waals surface area contributed by atoms with Gasteiger partial charge in [0.25, 0.3) is 0 Å². The van der Waals surface area contributed by atoms with Gasteiger partial charge in [0.1, 0.15) is 0 Å². The topological polar surface area (TPSA) is 52.3 Å². The average molecular weight is 276 g/mol. The summed E-state index contributed by atoms with van der Waals surface area (Å²) in [6.07, 6.45) is -1.82. The van der Waals surface area contributed by atoms with Crippen molar-refractivity contribution in [3.8, 4) is 0 Å². The van der Waals surface area contributed by atoms with Crippen molar-refractivity contribution in [2.75, 3.05) is 6.61 Å². The molecule has 18 heavy (non-hydrogen) atoms. The lowest BCUT2D eigenvalue weighted by molar-refractivity contribution is -0.149. The third kappa shape index (κ3) is 3.96. The number of rotatable bonds is 4. The molecule has 1 unspecified atom stereocenters. The molecule has 0 aromatic heterocycles. The zero-order chi connectivity index (χ0) is 13.0. The van der Waals surface area contributed by atoms with Crippen molar-refractivity contribution in [2.45, 2.75) is 33.0 Å². The second kappa shape index (κ2) is 7.34. The summed E-state index contributed by atoms with van der Waals surface area (Å²) in [7, 11) is 0. The minimum absolute atomic E-state index is 0. The van der Waals surface area contributed by atoms with Gasteiger partial charge in [-0.1, -0.05) is 23.8 Å². The van der Waals surface area contributed by atoms with E-state index in [1.807, 2.05) is 26.0 Å². The van der Waals surface area contributed by atoms with Gasteiger partial charge in [-0.2, -0.15) is 0 Å². The number of hydrogen-bond donors (Lipinski definition) is 1. The maximum absolute atomic E-state index is 13.8. The Labute approximate surface area is 113 Å². The maximum atomic E-state index is 13.8. The quantitative estimate of drug-likeness (QED) is 0.860. The van der Waals surface area contributed by atoms with Gasteiger partial charge in [-0.05, 0) is 31.9 Å². The number of nitrogens with two attached hydrogens (primary N) is 1. The number of halogens is 2. The molecule has 0 amide bonds. The van der Waals surface area contributed by atoms with Gasteiger partial charge in [-0.25, -0.2) is 9.18 Å². The van der Waals surface area contributed by atoms with E-state index in [-0.39, 0.29) is 19.0 Å². The zero-order valence-corrected chi connectivity index (χ0v) is 11.6. The lowest BCUT2D eigenvalue weighted by Crippen LogP contribution is -2.32. The van der Waals surface area contributed by atoms with Crippen molar-refractivity contribution in [3.63, 3.8) is 0 Å². The molecular weight excluding hydrogens is 257 g/mol. The summed E-state index contributed by atoms with van der Waals surface area (Å²) < 4.78 is 18.4. The van der Waals surface area contributed by atoms with E-state index < -0.39 is 18.2 Å². The van der Waals surface area contributed by atoms with Crippen LogP contribution in [-0.2, 0) is 9.53 Å². The fraction of sp³-hybridized carbons (Fsp3) is 0.462. The Hall–Kier alpha value is -1.13. The number of benzene rings is 1. The van der Waals surface area contributed by atoms with Crippen LogP contribution < -0.4 is 5.73 Å². The Balaban J connectivity index is 0.00000289. The molecule has 0 radical (unpaired) electrons. The molecule has 0 aliphatic heterocycles. The largest absolute Gasteiger partial charge is 0.464 e. The number of ether oxygens (including phenoxy) is 1. The first-order valence-corrected chi connectivity index (χ1v) is 5.60.